The van der Waals surface area contributed by atoms with Crippen molar-refractivity contribution in [3.05, 3.63) is 34.9 Å². The van der Waals surface area contributed by atoms with Crippen molar-refractivity contribution in [3.8, 4) is 0 Å². The first-order valence-corrected chi connectivity index (χ1v) is 12.0. The molecule has 0 aromatic rings. The molecule has 0 fully saturated rings. The predicted octanol–water partition coefficient (Wildman–Crippen LogP) is 4.62. The van der Waals surface area contributed by atoms with Gasteiger partial charge in [-0.3, -0.25) is 9.59 Å². The van der Waals surface area contributed by atoms with E-state index in [9.17, 15) is 19.5 Å². The van der Waals surface area contributed by atoms with Crippen LogP contribution >= 0.6 is 11.8 Å². The highest BCUT2D eigenvalue weighted by atomic mass is 32.2. The predicted molar refractivity (Wildman–Crippen MR) is 130 cm³/mol. The van der Waals surface area contributed by atoms with Gasteiger partial charge in [0.2, 0.25) is 11.8 Å². The van der Waals surface area contributed by atoms with Crippen molar-refractivity contribution in [3.63, 3.8) is 0 Å². The molecule has 0 spiro atoms. The molecule has 31 heavy (non-hydrogen) atoms. The van der Waals surface area contributed by atoms with Gasteiger partial charge in [-0.1, -0.05) is 41.9 Å². The molecular weight excluding hydrogens is 412 g/mol. The van der Waals surface area contributed by atoms with Gasteiger partial charge in [0.15, 0.2) is 0 Å². The average molecular weight is 453 g/mol. The molecule has 6 nitrogen and oxygen atoms in total. The largest absolute Gasteiger partial charge is 0.480 e. The Morgan fingerprint density at radius 2 is 1.45 bits per heavy atom. The molecule has 176 valence electrons. The van der Waals surface area contributed by atoms with Crippen LogP contribution < -0.4 is 10.6 Å². The van der Waals surface area contributed by atoms with Gasteiger partial charge in [-0.15, -0.1) is 0 Å². The third-order valence-corrected chi connectivity index (χ3v) is 5.65. The highest BCUT2D eigenvalue weighted by Gasteiger charge is 2.24. The summed E-state index contributed by atoms with van der Waals surface area (Å²) in [4.78, 5) is 34.9. The van der Waals surface area contributed by atoms with Crippen molar-refractivity contribution in [2.24, 2.45) is 0 Å². The monoisotopic (exact) mass is 452 g/mol. The molecule has 0 aromatic carbocycles. The van der Waals surface area contributed by atoms with Gasteiger partial charge < -0.3 is 15.7 Å². The molecule has 0 saturated carbocycles. The second kappa shape index (κ2) is 16.6. The number of aliphatic carboxylic acids is 1. The lowest BCUT2D eigenvalue weighted by Crippen LogP contribution is -2.51. The van der Waals surface area contributed by atoms with E-state index in [4.69, 9.17) is 0 Å². The van der Waals surface area contributed by atoms with Gasteiger partial charge in [-0.05, 0) is 59.8 Å². The number of thioether (sulfide) groups is 1. The maximum Gasteiger partial charge on any atom is 0.327 e. The second-order valence-electron chi connectivity index (χ2n) is 8.06. The molecule has 3 N–H and O–H groups in total. The van der Waals surface area contributed by atoms with Crippen molar-refractivity contribution >= 4 is 29.5 Å². The molecular formula is C24H40N2O4S. The van der Waals surface area contributed by atoms with Gasteiger partial charge in [-0.25, -0.2) is 4.79 Å². The van der Waals surface area contributed by atoms with Crippen LogP contribution in [0.25, 0.3) is 0 Å². The van der Waals surface area contributed by atoms with Crippen LogP contribution in [0.3, 0.4) is 0 Å². The number of hydrogen-bond donors (Lipinski definition) is 3. The summed E-state index contributed by atoms with van der Waals surface area (Å²) in [6, 6.07) is -1.70. The summed E-state index contributed by atoms with van der Waals surface area (Å²) in [6.45, 7) is 11.6. The Morgan fingerprint density at radius 3 is 1.97 bits per heavy atom. The zero-order chi connectivity index (χ0) is 23.8. The fraction of sp³-hybridized carbons (Fsp3) is 0.625. The minimum Gasteiger partial charge on any atom is -0.480 e. The zero-order valence-corrected chi connectivity index (χ0v) is 20.7. The third kappa shape index (κ3) is 15.4. The van der Waals surface area contributed by atoms with Crippen molar-refractivity contribution in [1.82, 2.24) is 10.6 Å². The normalized spacial score (nSPS) is 13.9. The summed E-state index contributed by atoms with van der Waals surface area (Å²) in [7, 11) is 0. The van der Waals surface area contributed by atoms with Gasteiger partial charge in [0.05, 0.1) is 0 Å². The molecule has 7 heteroatoms. The molecule has 0 radical (unpaired) electrons. The number of carboxylic acids is 1. The number of carboxylic acid groups (broad SMARTS) is 1. The van der Waals surface area contributed by atoms with E-state index in [0.29, 0.717) is 12.2 Å². The molecule has 0 bridgehead atoms. The minimum absolute atomic E-state index is 0.269. The standard InChI is InChI=1S/C24H40N2O4S/c1-7-21(25-20(6)27)23(28)26-22(24(29)30)16-31-15-14-19(5)13-9-12-18(4)11-8-10-17(2)3/h10,12,14,21-22H,7-9,11,13,15-16H2,1-6H3,(H,25,27)(H,26,28)(H,29,30)/b18-12+,19-14+/t21-,22-/m0/s1. The quantitative estimate of drug-likeness (QED) is 0.249. The number of carbonyl (C=O) groups excluding carboxylic acids is 2. The van der Waals surface area contributed by atoms with Crippen LogP contribution in [0, 0.1) is 0 Å². The summed E-state index contributed by atoms with van der Waals surface area (Å²) < 4.78 is 0. The molecule has 0 aliphatic carbocycles. The molecule has 0 unspecified atom stereocenters. The first-order valence-electron chi connectivity index (χ1n) is 10.9. The summed E-state index contributed by atoms with van der Waals surface area (Å²) in [5.74, 6) is -0.901. The fourth-order valence-electron chi connectivity index (χ4n) is 2.77. The van der Waals surface area contributed by atoms with Crippen molar-refractivity contribution in [2.45, 2.75) is 85.7 Å². The smallest absolute Gasteiger partial charge is 0.327 e. The lowest BCUT2D eigenvalue weighted by atomic mass is 10.1. The van der Waals surface area contributed by atoms with E-state index < -0.39 is 24.0 Å². The number of nitrogens with one attached hydrogen (secondary N) is 2. The molecule has 0 heterocycles. The Morgan fingerprint density at radius 1 is 0.871 bits per heavy atom. The summed E-state index contributed by atoms with van der Waals surface area (Å²) in [6.07, 6.45) is 11.2. The van der Waals surface area contributed by atoms with Crippen LogP contribution in [-0.2, 0) is 14.4 Å². The molecule has 0 aliphatic rings. The second-order valence-corrected chi connectivity index (χ2v) is 9.13. The lowest BCUT2D eigenvalue weighted by Gasteiger charge is -2.19. The molecule has 2 amide bonds. The number of hydrogen-bond acceptors (Lipinski definition) is 4. The Bertz CT molecular complexity index is 679. The Balaban J connectivity index is 4.40. The number of allylic oxidation sites excluding steroid dienone is 5. The molecule has 0 aromatic heterocycles. The number of rotatable bonds is 15. The minimum atomic E-state index is -1.08. The summed E-state index contributed by atoms with van der Waals surface area (Å²) >= 11 is 1.47. The lowest BCUT2D eigenvalue weighted by molar-refractivity contribution is -0.141. The maximum atomic E-state index is 12.2. The van der Waals surface area contributed by atoms with E-state index in [1.807, 2.05) is 0 Å². The highest BCUT2D eigenvalue weighted by Crippen LogP contribution is 2.13. The van der Waals surface area contributed by atoms with Gasteiger partial charge in [-0.2, -0.15) is 11.8 Å². The Labute approximate surface area is 192 Å². The van der Waals surface area contributed by atoms with Gasteiger partial charge in [0.25, 0.3) is 0 Å². The average Bonchev–Trinajstić information content (AvgIpc) is 2.67. The molecule has 0 rings (SSSR count). The van der Waals surface area contributed by atoms with Gasteiger partial charge in [0.1, 0.15) is 12.1 Å². The first-order chi connectivity index (χ1) is 14.6. The van der Waals surface area contributed by atoms with Crippen molar-refractivity contribution in [2.75, 3.05) is 11.5 Å². The van der Waals surface area contributed by atoms with Crippen LogP contribution in [-0.4, -0.2) is 46.5 Å². The van der Waals surface area contributed by atoms with E-state index in [1.54, 1.807) is 6.92 Å². The molecule has 0 aliphatic heterocycles. The van der Waals surface area contributed by atoms with Gasteiger partial charge in [0, 0.05) is 18.4 Å². The van der Waals surface area contributed by atoms with E-state index in [0.717, 1.165) is 25.7 Å². The van der Waals surface area contributed by atoms with Crippen LogP contribution in [0.4, 0.5) is 0 Å². The fourth-order valence-corrected chi connectivity index (χ4v) is 3.77. The third-order valence-electron chi connectivity index (χ3n) is 4.67. The molecule has 0 saturated heterocycles. The van der Waals surface area contributed by atoms with Crippen molar-refractivity contribution in [1.29, 1.82) is 0 Å². The molecule has 2 atom stereocenters. The summed E-state index contributed by atoms with van der Waals surface area (Å²) in [5.41, 5.74) is 4.03. The van der Waals surface area contributed by atoms with E-state index in [1.165, 1.54) is 35.4 Å². The number of carbonyl (C=O) groups is 3. The first kappa shape index (κ1) is 29.0. The van der Waals surface area contributed by atoms with E-state index in [2.05, 4.69) is 56.6 Å². The summed E-state index contributed by atoms with van der Waals surface area (Å²) in [5, 5.41) is 14.4. The topological polar surface area (TPSA) is 95.5 Å². The van der Waals surface area contributed by atoms with E-state index >= 15 is 0 Å². The highest BCUT2D eigenvalue weighted by molar-refractivity contribution is 7.99. The van der Waals surface area contributed by atoms with Crippen LogP contribution in [0.1, 0.15) is 73.6 Å². The van der Waals surface area contributed by atoms with Crippen LogP contribution in [0.5, 0.6) is 0 Å². The number of amides is 2. The zero-order valence-electron chi connectivity index (χ0n) is 19.9. The van der Waals surface area contributed by atoms with E-state index in [-0.39, 0.29) is 11.7 Å². The Kier molecular flexibility index (Phi) is 15.6. The van der Waals surface area contributed by atoms with Crippen LogP contribution in [0.2, 0.25) is 0 Å². The maximum absolute atomic E-state index is 12.2. The Hall–Kier alpha value is -2.02. The van der Waals surface area contributed by atoms with Crippen LogP contribution in [0.15, 0.2) is 34.9 Å². The SMILES string of the molecule is CC[C@H](NC(C)=O)C(=O)N[C@@H](CSC/C=C(\C)CC/C=C(\C)CCC=C(C)C)C(=O)O. The van der Waals surface area contributed by atoms with Crippen molar-refractivity contribution < 1.29 is 19.5 Å². The van der Waals surface area contributed by atoms with Gasteiger partial charge >= 0.3 is 5.97 Å².